The molecule has 1 N–H and O–H groups in total. The average molecular weight is 305 g/mol. The molecule has 0 amide bonds. The first-order chi connectivity index (χ1) is 10.2. The molecule has 0 radical (unpaired) electrons. The number of aromatic nitrogens is 4. The summed E-state index contributed by atoms with van der Waals surface area (Å²) in [4.78, 5) is 4.42. The predicted octanol–water partition coefficient (Wildman–Crippen LogP) is 2.76. The lowest BCUT2D eigenvalue weighted by Gasteiger charge is -2.07. The molecular weight excluding hydrogens is 288 g/mol. The molecule has 21 heavy (non-hydrogen) atoms. The minimum atomic E-state index is -0.00497. The Balaban J connectivity index is 2.10. The van der Waals surface area contributed by atoms with Crippen molar-refractivity contribution < 1.29 is 5.11 Å². The molecule has 0 aliphatic heterocycles. The van der Waals surface area contributed by atoms with Gasteiger partial charge in [-0.2, -0.15) is 5.10 Å². The number of hydrogen-bond acceptors (Lipinski definition) is 3. The maximum absolute atomic E-state index is 9.49. The van der Waals surface area contributed by atoms with Gasteiger partial charge in [0.15, 0.2) is 0 Å². The normalized spacial score (nSPS) is 11.4. The standard InChI is InChI=1S/C15H17ClN4O/c1-3-20-13(14(16)10(2)18-20)8-19-7-11(9-21)12-5-4-6-17-15(12)19/h4-7,21H,3,8-9H2,1-2H3. The predicted molar refractivity (Wildman–Crippen MR) is 82.4 cm³/mol. The van der Waals surface area contributed by atoms with Crippen molar-refractivity contribution in [2.45, 2.75) is 33.5 Å². The first-order valence-corrected chi connectivity index (χ1v) is 7.28. The van der Waals surface area contributed by atoms with E-state index in [0.29, 0.717) is 11.6 Å². The van der Waals surface area contributed by atoms with E-state index < -0.39 is 0 Å². The third-order valence-corrected chi connectivity index (χ3v) is 4.15. The minimum Gasteiger partial charge on any atom is -0.392 e. The summed E-state index contributed by atoms with van der Waals surface area (Å²) in [6, 6.07) is 3.84. The van der Waals surface area contributed by atoms with E-state index >= 15 is 0 Å². The highest BCUT2D eigenvalue weighted by atomic mass is 35.5. The number of fused-ring (bicyclic) bond motifs is 1. The highest BCUT2D eigenvalue weighted by Crippen LogP contribution is 2.25. The van der Waals surface area contributed by atoms with E-state index in [0.717, 1.165) is 34.5 Å². The molecule has 0 unspecified atom stereocenters. The topological polar surface area (TPSA) is 55.9 Å². The maximum Gasteiger partial charge on any atom is 0.140 e. The Labute approximate surface area is 127 Å². The smallest absolute Gasteiger partial charge is 0.140 e. The number of aryl methyl sites for hydroxylation is 2. The second-order valence-electron chi connectivity index (χ2n) is 4.98. The molecule has 0 aliphatic carbocycles. The maximum atomic E-state index is 9.49. The fourth-order valence-electron chi connectivity index (χ4n) is 2.62. The van der Waals surface area contributed by atoms with Crippen LogP contribution in [0.4, 0.5) is 0 Å². The van der Waals surface area contributed by atoms with Gasteiger partial charge in [-0.3, -0.25) is 4.68 Å². The Morgan fingerprint density at radius 2 is 2.19 bits per heavy atom. The molecule has 3 aromatic heterocycles. The molecular formula is C15H17ClN4O. The van der Waals surface area contributed by atoms with Crippen LogP contribution in [-0.4, -0.2) is 24.4 Å². The fourth-order valence-corrected chi connectivity index (χ4v) is 2.82. The van der Waals surface area contributed by atoms with E-state index in [2.05, 4.69) is 10.1 Å². The Hall–Kier alpha value is -1.85. The largest absolute Gasteiger partial charge is 0.392 e. The molecule has 0 bridgehead atoms. The van der Waals surface area contributed by atoms with E-state index in [4.69, 9.17) is 11.6 Å². The van der Waals surface area contributed by atoms with Gasteiger partial charge in [-0.15, -0.1) is 0 Å². The van der Waals surface area contributed by atoms with Crippen LogP contribution in [0.3, 0.4) is 0 Å². The molecule has 3 heterocycles. The van der Waals surface area contributed by atoms with Gasteiger partial charge < -0.3 is 9.67 Å². The SMILES string of the molecule is CCn1nc(C)c(Cl)c1Cn1cc(CO)c2cccnc21. The number of hydrogen-bond donors (Lipinski definition) is 1. The second-order valence-corrected chi connectivity index (χ2v) is 5.35. The Morgan fingerprint density at radius 1 is 1.38 bits per heavy atom. The highest BCUT2D eigenvalue weighted by Gasteiger charge is 2.15. The molecule has 0 aliphatic rings. The lowest BCUT2D eigenvalue weighted by Crippen LogP contribution is -2.08. The average Bonchev–Trinajstić information content (AvgIpc) is 3.00. The van der Waals surface area contributed by atoms with Crippen LogP contribution < -0.4 is 0 Å². The summed E-state index contributed by atoms with van der Waals surface area (Å²) in [6.07, 6.45) is 3.68. The van der Waals surface area contributed by atoms with Crippen molar-refractivity contribution in [2.24, 2.45) is 0 Å². The molecule has 3 aromatic rings. The van der Waals surface area contributed by atoms with Crippen molar-refractivity contribution in [2.75, 3.05) is 0 Å². The summed E-state index contributed by atoms with van der Waals surface area (Å²) in [6.45, 7) is 5.29. The zero-order valence-electron chi connectivity index (χ0n) is 12.0. The van der Waals surface area contributed by atoms with Gasteiger partial charge in [0.1, 0.15) is 5.65 Å². The fraction of sp³-hybridized carbons (Fsp3) is 0.333. The number of nitrogens with zero attached hydrogens (tertiary/aromatic N) is 4. The van der Waals surface area contributed by atoms with Crippen molar-refractivity contribution in [3.63, 3.8) is 0 Å². The van der Waals surface area contributed by atoms with Gasteiger partial charge in [-0.05, 0) is 26.0 Å². The second kappa shape index (κ2) is 5.50. The quantitative estimate of drug-likeness (QED) is 0.806. The molecule has 0 atom stereocenters. The van der Waals surface area contributed by atoms with Crippen molar-refractivity contribution in [3.05, 3.63) is 46.5 Å². The first kappa shape index (κ1) is 14.1. The van der Waals surface area contributed by atoms with E-state index in [1.807, 2.05) is 41.4 Å². The van der Waals surface area contributed by atoms with Crippen molar-refractivity contribution >= 4 is 22.6 Å². The van der Waals surface area contributed by atoms with Gasteiger partial charge in [-0.25, -0.2) is 4.98 Å². The number of aliphatic hydroxyl groups excluding tert-OH is 1. The summed E-state index contributed by atoms with van der Waals surface area (Å²) in [5.74, 6) is 0. The van der Waals surface area contributed by atoms with Crippen LogP contribution in [0.15, 0.2) is 24.5 Å². The lowest BCUT2D eigenvalue weighted by atomic mass is 10.2. The van der Waals surface area contributed by atoms with Crippen LogP contribution in [0.25, 0.3) is 11.0 Å². The number of pyridine rings is 1. The third kappa shape index (κ3) is 2.32. The first-order valence-electron chi connectivity index (χ1n) is 6.91. The molecule has 5 nitrogen and oxygen atoms in total. The van der Waals surface area contributed by atoms with Crippen LogP contribution in [-0.2, 0) is 19.7 Å². The van der Waals surface area contributed by atoms with Gasteiger partial charge in [0.25, 0.3) is 0 Å². The molecule has 0 spiro atoms. The molecule has 6 heteroatoms. The van der Waals surface area contributed by atoms with E-state index in [-0.39, 0.29) is 6.61 Å². The van der Waals surface area contributed by atoms with Gasteiger partial charge in [0.05, 0.1) is 29.6 Å². The van der Waals surface area contributed by atoms with Crippen molar-refractivity contribution in [3.8, 4) is 0 Å². The third-order valence-electron chi connectivity index (χ3n) is 3.66. The lowest BCUT2D eigenvalue weighted by molar-refractivity contribution is 0.283. The summed E-state index contributed by atoms with van der Waals surface area (Å²) in [5.41, 5.74) is 3.51. The summed E-state index contributed by atoms with van der Waals surface area (Å²) >= 11 is 6.37. The van der Waals surface area contributed by atoms with Crippen LogP contribution in [0.1, 0.15) is 23.9 Å². The number of rotatable bonds is 4. The number of halogens is 1. The summed E-state index contributed by atoms with van der Waals surface area (Å²) in [7, 11) is 0. The van der Waals surface area contributed by atoms with Gasteiger partial charge in [0.2, 0.25) is 0 Å². The van der Waals surface area contributed by atoms with Crippen LogP contribution in [0.2, 0.25) is 5.02 Å². The molecule has 3 rings (SSSR count). The van der Waals surface area contributed by atoms with Gasteiger partial charge >= 0.3 is 0 Å². The van der Waals surface area contributed by atoms with Crippen LogP contribution in [0, 0.1) is 6.92 Å². The molecule has 0 saturated carbocycles. The van der Waals surface area contributed by atoms with E-state index in [1.165, 1.54) is 0 Å². The summed E-state index contributed by atoms with van der Waals surface area (Å²) in [5, 5.41) is 15.6. The Kier molecular flexibility index (Phi) is 3.69. The number of aliphatic hydroxyl groups is 1. The van der Waals surface area contributed by atoms with Crippen molar-refractivity contribution in [1.82, 2.24) is 19.3 Å². The molecule has 110 valence electrons. The zero-order chi connectivity index (χ0) is 15.0. The van der Waals surface area contributed by atoms with Gasteiger partial charge in [-0.1, -0.05) is 11.6 Å². The van der Waals surface area contributed by atoms with Crippen LogP contribution >= 0.6 is 11.6 Å². The Bertz CT molecular complexity index is 790. The zero-order valence-corrected chi connectivity index (χ0v) is 12.8. The summed E-state index contributed by atoms with van der Waals surface area (Å²) < 4.78 is 3.92. The van der Waals surface area contributed by atoms with Crippen LogP contribution in [0.5, 0.6) is 0 Å². The minimum absolute atomic E-state index is 0.00497. The Morgan fingerprint density at radius 3 is 2.90 bits per heavy atom. The molecule has 0 aromatic carbocycles. The van der Waals surface area contributed by atoms with Crippen molar-refractivity contribution in [1.29, 1.82) is 0 Å². The molecule has 0 fully saturated rings. The monoisotopic (exact) mass is 304 g/mol. The molecule has 0 saturated heterocycles. The van der Waals surface area contributed by atoms with Gasteiger partial charge in [0, 0.05) is 29.9 Å². The van der Waals surface area contributed by atoms with E-state index in [9.17, 15) is 5.11 Å². The highest BCUT2D eigenvalue weighted by molar-refractivity contribution is 6.31. The van der Waals surface area contributed by atoms with E-state index in [1.54, 1.807) is 6.20 Å².